The van der Waals surface area contributed by atoms with E-state index in [2.05, 4.69) is 31.7 Å². The number of hydrogen-bond donors (Lipinski definition) is 3. The molecule has 0 amide bonds. The molecule has 1 aromatic rings. The molecular formula is C11H14BrF3N4. The highest BCUT2D eigenvalue weighted by molar-refractivity contribution is 9.10. The first-order valence-corrected chi connectivity index (χ1v) is 6.32. The van der Waals surface area contributed by atoms with Gasteiger partial charge in [0, 0.05) is 16.7 Å². The first-order chi connectivity index (χ1) is 8.86. The second-order valence-corrected chi connectivity index (χ2v) is 4.64. The van der Waals surface area contributed by atoms with Gasteiger partial charge in [-0.3, -0.25) is 10.4 Å². The van der Waals surface area contributed by atoms with Crippen LogP contribution in [0.15, 0.2) is 27.7 Å². The summed E-state index contributed by atoms with van der Waals surface area (Å²) in [4.78, 5) is 4.05. The minimum atomic E-state index is -4.41. The zero-order valence-electron chi connectivity index (χ0n) is 10.2. The van der Waals surface area contributed by atoms with Gasteiger partial charge in [0.2, 0.25) is 5.96 Å². The van der Waals surface area contributed by atoms with Crippen LogP contribution in [0, 0.1) is 0 Å². The fourth-order valence-electron chi connectivity index (χ4n) is 1.31. The van der Waals surface area contributed by atoms with Gasteiger partial charge in [0.15, 0.2) is 0 Å². The number of alkyl halides is 3. The molecule has 0 aliphatic carbocycles. The molecule has 0 saturated carbocycles. The summed E-state index contributed by atoms with van der Waals surface area (Å²) in [5.74, 6) is 5.46. The van der Waals surface area contributed by atoms with E-state index in [4.69, 9.17) is 5.84 Å². The number of guanidine groups is 1. The molecule has 106 valence electrons. The van der Waals surface area contributed by atoms with E-state index in [0.717, 1.165) is 18.6 Å². The predicted octanol–water partition coefficient (Wildman–Crippen LogP) is 3.11. The fraction of sp³-hybridized carbons (Fsp3) is 0.364. The van der Waals surface area contributed by atoms with Gasteiger partial charge in [-0.1, -0.05) is 22.9 Å². The van der Waals surface area contributed by atoms with Crippen LogP contribution in [-0.4, -0.2) is 12.5 Å². The molecule has 0 unspecified atom stereocenters. The number of hydrazine groups is 1. The first-order valence-electron chi connectivity index (χ1n) is 5.52. The number of hydrogen-bond acceptors (Lipinski definition) is 2. The Morgan fingerprint density at radius 3 is 2.58 bits per heavy atom. The topological polar surface area (TPSA) is 62.4 Å². The Kier molecular flexibility index (Phi) is 5.61. The molecule has 0 aromatic heterocycles. The Hall–Kier alpha value is -1.28. The lowest BCUT2D eigenvalue weighted by atomic mass is 10.2. The van der Waals surface area contributed by atoms with Gasteiger partial charge in [0.25, 0.3) is 0 Å². The SMILES string of the molecule is CCCN=C(NN)Nc1cc(Br)cc(C(F)(F)F)c1. The van der Waals surface area contributed by atoms with Crippen LogP contribution >= 0.6 is 15.9 Å². The molecule has 8 heteroatoms. The smallest absolute Gasteiger partial charge is 0.325 e. The highest BCUT2D eigenvalue weighted by Crippen LogP contribution is 2.33. The molecule has 0 bridgehead atoms. The van der Waals surface area contributed by atoms with Crippen molar-refractivity contribution in [1.82, 2.24) is 5.43 Å². The molecule has 1 aromatic carbocycles. The fourth-order valence-corrected chi connectivity index (χ4v) is 1.80. The third-order valence-corrected chi connectivity index (χ3v) is 2.58. The molecule has 4 N–H and O–H groups in total. The van der Waals surface area contributed by atoms with Crippen LogP contribution in [0.1, 0.15) is 18.9 Å². The van der Waals surface area contributed by atoms with Crippen molar-refractivity contribution in [1.29, 1.82) is 0 Å². The zero-order valence-corrected chi connectivity index (χ0v) is 11.8. The van der Waals surface area contributed by atoms with Crippen LogP contribution in [0.3, 0.4) is 0 Å². The largest absolute Gasteiger partial charge is 0.416 e. The predicted molar refractivity (Wildman–Crippen MR) is 72.7 cm³/mol. The maximum Gasteiger partial charge on any atom is 0.416 e. The Morgan fingerprint density at radius 1 is 1.37 bits per heavy atom. The number of aliphatic imine (C=N–C) groups is 1. The lowest BCUT2D eigenvalue weighted by Gasteiger charge is -2.13. The molecule has 0 aliphatic heterocycles. The van der Waals surface area contributed by atoms with E-state index in [1.807, 2.05) is 6.92 Å². The number of benzene rings is 1. The Labute approximate surface area is 117 Å². The van der Waals surface area contributed by atoms with Gasteiger partial charge >= 0.3 is 6.18 Å². The van der Waals surface area contributed by atoms with E-state index in [9.17, 15) is 13.2 Å². The van der Waals surface area contributed by atoms with Crippen molar-refractivity contribution in [2.75, 3.05) is 11.9 Å². The average Bonchev–Trinajstić information content (AvgIpc) is 2.32. The molecule has 0 saturated heterocycles. The molecule has 0 spiro atoms. The Bertz CT molecular complexity index is 460. The van der Waals surface area contributed by atoms with E-state index in [1.165, 1.54) is 6.07 Å². The standard InChI is InChI=1S/C11H14BrF3N4/c1-2-3-17-10(19-16)18-9-5-7(11(13,14)15)4-8(12)6-9/h4-6H,2-3,16H2,1H3,(H2,17,18,19). The molecule has 1 rings (SSSR count). The number of anilines is 1. The molecule has 4 nitrogen and oxygen atoms in total. The normalized spacial score (nSPS) is 12.4. The van der Waals surface area contributed by atoms with Crippen LogP contribution in [0.5, 0.6) is 0 Å². The lowest BCUT2D eigenvalue weighted by Crippen LogP contribution is -2.36. The van der Waals surface area contributed by atoms with Crippen molar-refractivity contribution < 1.29 is 13.2 Å². The van der Waals surface area contributed by atoms with Gasteiger partial charge in [-0.15, -0.1) is 0 Å². The van der Waals surface area contributed by atoms with Gasteiger partial charge in [0.1, 0.15) is 0 Å². The average molecular weight is 339 g/mol. The van der Waals surface area contributed by atoms with E-state index in [-0.39, 0.29) is 11.6 Å². The van der Waals surface area contributed by atoms with Crippen molar-refractivity contribution in [3.63, 3.8) is 0 Å². The van der Waals surface area contributed by atoms with Gasteiger partial charge in [0.05, 0.1) is 5.56 Å². The van der Waals surface area contributed by atoms with E-state index >= 15 is 0 Å². The van der Waals surface area contributed by atoms with Crippen LogP contribution in [0.25, 0.3) is 0 Å². The summed E-state index contributed by atoms with van der Waals surface area (Å²) in [6.07, 6.45) is -3.60. The number of nitrogens with zero attached hydrogens (tertiary/aromatic N) is 1. The first kappa shape index (κ1) is 15.8. The van der Waals surface area contributed by atoms with Crippen molar-refractivity contribution in [3.8, 4) is 0 Å². The van der Waals surface area contributed by atoms with E-state index in [1.54, 1.807) is 0 Å². The molecule has 19 heavy (non-hydrogen) atoms. The summed E-state index contributed by atoms with van der Waals surface area (Å²) in [6.45, 7) is 2.45. The summed E-state index contributed by atoms with van der Waals surface area (Å²) in [6, 6.07) is 3.50. The quantitative estimate of drug-likeness (QED) is 0.343. The highest BCUT2D eigenvalue weighted by atomic mass is 79.9. The van der Waals surface area contributed by atoms with Crippen molar-refractivity contribution in [3.05, 3.63) is 28.2 Å². The van der Waals surface area contributed by atoms with Crippen LogP contribution in [-0.2, 0) is 6.18 Å². The second-order valence-electron chi connectivity index (χ2n) is 3.73. The number of rotatable bonds is 3. The minimum Gasteiger partial charge on any atom is -0.325 e. The monoisotopic (exact) mass is 338 g/mol. The van der Waals surface area contributed by atoms with Crippen LogP contribution < -0.4 is 16.6 Å². The summed E-state index contributed by atoms with van der Waals surface area (Å²) >= 11 is 3.04. The number of nitrogens with two attached hydrogens (primary N) is 1. The van der Waals surface area contributed by atoms with Gasteiger partial charge in [-0.25, -0.2) is 5.84 Å². The Balaban J connectivity index is 2.98. The lowest BCUT2D eigenvalue weighted by molar-refractivity contribution is -0.137. The summed E-state index contributed by atoms with van der Waals surface area (Å²) < 4.78 is 38.3. The van der Waals surface area contributed by atoms with E-state index in [0.29, 0.717) is 11.0 Å². The summed E-state index contributed by atoms with van der Waals surface area (Å²) in [7, 11) is 0. The highest BCUT2D eigenvalue weighted by Gasteiger charge is 2.31. The molecule has 0 atom stereocenters. The molecular weight excluding hydrogens is 325 g/mol. The van der Waals surface area contributed by atoms with Gasteiger partial charge in [-0.05, 0) is 24.6 Å². The van der Waals surface area contributed by atoms with Crippen molar-refractivity contribution in [2.24, 2.45) is 10.8 Å². The molecule has 0 fully saturated rings. The van der Waals surface area contributed by atoms with Crippen molar-refractivity contribution >= 4 is 27.6 Å². The molecule has 0 heterocycles. The van der Waals surface area contributed by atoms with Crippen LogP contribution in [0.4, 0.5) is 18.9 Å². The van der Waals surface area contributed by atoms with Crippen LogP contribution in [0.2, 0.25) is 0 Å². The van der Waals surface area contributed by atoms with Gasteiger partial charge < -0.3 is 5.32 Å². The third-order valence-electron chi connectivity index (χ3n) is 2.12. The maximum absolute atomic E-state index is 12.7. The summed E-state index contributed by atoms with van der Waals surface area (Å²) in [5, 5.41) is 2.70. The minimum absolute atomic E-state index is 0.216. The maximum atomic E-state index is 12.7. The number of halogens is 4. The zero-order chi connectivity index (χ0) is 14.5. The molecule has 0 aliphatic rings. The van der Waals surface area contributed by atoms with Crippen molar-refractivity contribution in [2.45, 2.75) is 19.5 Å². The van der Waals surface area contributed by atoms with Gasteiger partial charge in [-0.2, -0.15) is 13.2 Å². The van der Waals surface area contributed by atoms with E-state index < -0.39 is 11.7 Å². The second kappa shape index (κ2) is 6.76. The Morgan fingerprint density at radius 2 is 2.05 bits per heavy atom. The summed E-state index contributed by atoms with van der Waals surface area (Å²) in [5.41, 5.74) is 1.80. The third kappa shape index (κ3) is 5.07. The number of nitrogens with one attached hydrogen (secondary N) is 2. The molecule has 0 radical (unpaired) electrons.